The molecule has 4 atom stereocenters. The van der Waals surface area contributed by atoms with E-state index in [2.05, 4.69) is 46.3 Å². The minimum absolute atomic E-state index is 0.117. The Balaban J connectivity index is 1.22. The average Bonchev–Trinajstić information content (AvgIpc) is 3.48. The average molecular weight is 483 g/mol. The zero-order valence-electron chi connectivity index (χ0n) is 19.6. The van der Waals surface area contributed by atoms with Crippen LogP contribution in [0.5, 0.6) is 0 Å². The number of nitrogens with zero attached hydrogens (tertiary/aromatic N) is 5. The number of aromatic nitrogens is 4. The molecule has 2 aliphatic heterocycles. The fraction of sp³-hybridized carbons (Fsp3) is 0.560. The number of rotatable bonds is 5. The Kier molecular flexibility index (Phi) is 5.72. The lowest BCUT2D eigenvalue weighted by Crippen LogP contribution is -2.51. The maximum Gasteiger partial charge on any atom is 0.227 e. The van der Waals surface area contributed by atoms with Crippen molar-refractivity contribution in [1.29, 1.82) is 0 Å². The lowest BCUT2D eigenvalue weighted by Gasteiger charge is -2.42. The predicted molar refractivity (Wildman–Crippen MR) is 132 cm³/mol. The Morgan fingerprint density at radius 1 is 1.18 bits per heavy atom. The Labute approximate surface area is 204 Å². The maximum absolute atomic E-state index is 10.3. The summed E-state index contributed by atoms with van der Waals surface area (Å²) < 4.78 is 7.37. The van der Waals surface area contributed by atoms with Gasteiger partial charge in [-0.2, -0.15) is 5.10 Å². The number of halogens is 1. The summed E-state index contributed by atoms with van der Waals surface area (Å²) >= 11 is 6.51. The Morgan fingerprint density at radius 2 is 2.03 bits per heavy atom. The highest BCUT2D eigenvalue weighted by molar-refractivity contribution is 6.32. The second-order valence-corrected chi connectivity index (χ2v) is 10.4. The lowest BCUT2D eigenvalue weighted by molar-refractivity contribution is 0.0351. The summed E-state index contributed by atoms with van der Waals surface area (Å²) in [7, 11) is 0. The van der Waals surface area contributed by atoms with Crippen molar-refractivity contribution >= 4 is 34.1 Å². The normalized spacial score (nSPS) is 28.0. The minimum Gasteiger partial charge on any atom is -0.389 e. The van der Waals surface area contributed by atoms with Crippen LogP contribution in [0.2, 0.25) is 5.15 Å². The van der Waals surface area contributed by atoms with Gasteiger partial charge in [0.05, 0.1) is 48.8 Å². The van der Waals surface area contributed by atoms with Crippen molar-refractivity contribution in [2.75, 3.05) is 25.1 Å². The molecule has 2 saturated heterocycles. The van der Waals surface area contributed by atoms with Gasteiger partial charge in [0, 0.05) is 17.6 Å². The van der Waals surface area contributed by atoms with Gasteiger partial charge in [0.1, 0.15) is 0 Å². The van der Waals surface area contributed by atoms with Crippen LogP contribution in [0.3, 0.4) is 0 Å². The predicted octanol–water partition coefficient (Wildman–Crippen LogP) is 4.19. The third-order valence-corrected chi connectivity index (χ3v) is 8.03. The molecule has 1 saturated carbocycles. The topological polar surface area (TPSA) is 88.3 Å². The van der Waals surface area contributed by atoms with Gasteiger partial charge in [-0.15, -0.1) is 0 Å². The van der Waals surface area contributed by atoms with Crippen molar-refractivity contribution in [2.45, 2.75) is 69.7 Å². The molecule has 9 heteroatoms. The number of likely N-dealkylation sites (tertiary alicyclic amines) is 1. The summed E-state index contributed by atoms with van der Waals surface area (Å²) in [5, 5.41) is 19.6. The van der Waals surface area contributed by atoms with Crippen LogP contribution in [0.4, 0.5) is 11.6 Å². The van der Waals surface area contributed by atoms with E-state index in [1.807, 2.05) is 10.9 Å². The summed E-state index contributed by atoms with van der Waals surface area (Å²) in [4.78, 5) is 11.7. The molecule has 1 unspecified atom stereocenters. The summed E-state index contributed by atoms with van der Waals surface area (Å²) in [5.74, 6) is 0.991. The molecule has 6 rings (SSSR count). The first-order chi connectivity index (χ1) is 16.5. The van der Waals surface area contributed by atoms with Crippen LogP contribution < -0.4 is 5.32 Å². The summed E-state index contributed by atoms with van der Waals surface area (Å²) in [6.07, 6.45) is 7.61. The number of aliphatic hydroxyl groups is 1. The van der Waals surface area contributed by atoms with E-state index < -0.39 is 0 Å². The number of anilines is 2. The largest absolute Gasteiger partial charge is 0.389 e. The van der Waals surface area contributed by atoms with Crippen LogP contribution in [0, 0.1) is 6.92 Å². The first kappa shape index (κ1) is 22.2. The molecule has 34 heavy (non-hydrogen) atoms. The van der Waals surface area contributed by atoms with E-state index in [0.717, 1.165) is 48.8 Å². The molecule has 180 valence electrons. The molecule has 1 aliphatic carbocycles. The SMILES string of the molecule is Cc1cc2cnc(Nc3cnn(C4CC4)c3Cl)nc2cc1C1CCN([C@@H]2COC[C@@H]2O)[C@@H](C)C1. The van der Waals surface area contributed by atoms with Gasteiger partial charge in [-0.25, -0.2) is 14.6 Å². The number of ether oxygens (including phenoxy) is 1. The standard InChI is InChI=1S/C25H31ClN6O2/c1-14-7-17-10-27-25(30-21-11-28-32(24(21)26)18-3-4-18)29-20(17)9-19(14)16-5-6-31(15(2)8-16)22-12-34-13-23(22)33/h7,9-11,15-16,18,22-23,33H,3-6,8,12-13H2,1-2H3,(H,27,29,30)/t15-,16?,22+,23-/m0/s1. The maximum atomic E-state index is 10.3. The van der Waals surface area contributed by atoms with Crippen molar-refractivity contribution in [3.8, 4) is 0 Å². The number of hydrogen-bond acceptors (Lipinski definition) is 7. The molecule has 3 aromatic rings. The van der Waals surface area contributed by atoms with E-state index in [1.165, 1.54) is 11.1 Å². The van der Waals surface area contributed by atoms with Crippen LogP contribution in [-0.4, -0.2) is 67.7 Å². The molecule has 0 amide bonds. The number of aliphatic hydroxyl groups excluding tert-OH is 1. The van der Waals surface area contributed by atoms with Gasteiger partial charge < -0.3 is 15.2 Å². The smallest absolute Gasteiger partial charge is 0.227 e. The summed E-state index contributed by atoms with van der Waals surface area (Å²) in [5.41, 5.74) is 4.30. The highest BCUT2D eigenvalue weighted by atomic mass is 35.5. The number of benzene rings is 1. The zero-order valence-corrected chi connectivity index (χ0v) is 20.4. The van der Waals surface area contributed by atoms with Crippen molar-refractivity contribution in [1.82, 2.24) is 24.6 Å². The number of hydrogen-bond donors (Lipinski definition) is 2. The van der Waals surface area contributed by atoms with Crippen LogP contribution in [0.25, 0.3) is 10.9 Å². The highest BCUT2D eigenvalue weighted by Gasteiger charge is 2.37. The quantitative estimate of drug-likeness (QED) is 0.563. The van der Waals surface area contributed by atoms with Crippen LogP contribution in [0.1, 0.15) is 55.7 Å². The van der Waals surface area contributed by atoms with Crippen LogP contribution in [0.15, 0.2) is 24.5 Å². The third kappa shape index (κ3) is 4.06. The van der Waals surface area contributed by atoms with E-state index in [4.69, 9.17) is 21.3 Å². The van der Waals surface area contributed by atoms with Crippen LogP contribution >= 0.6 is 11.6 Å². The Bertz CT molecular complexity index is 1210. The highest BCUT2D eigenvalue weighted by Crippen LogP contribution is 2.39. The second kappa shape index (κ2) is 8.75. The molecule has 2 aromatic heterocycles. The molecule has 4 heterocycles. The molecular weight excluding hydrogens is 452 g/mol. The van der Waals surface area contributed by atoms with E-state index in [-0.39, 0.29) is 12.1 Å². The molecule has 8 nitrogen and oxygen atoms in total. The van der Waals surface area contributed by atoms with Gasteiger partial charge in [0.2, 0.25) is 5.95 Å². The van der Waals surface area contributed by atoms with Gasteiger partial charge >= 0.3 is 0 Å². The van der Waals surface area contributed by atoms with Crippen molar-refractivity contribution in [3.05, 3.63) is 40.8 Å². The lowest BCUT2D eigenvalue weighted by atomic mass is 9.82. The van der Waals surface area contributed by atoms with Gasteiger partial charge in [0.15, 0.2) is 5.15 Å². The number of piperidine rings is 1. The fourth-order valence-corrected chi connectivity index (χ4v) is 5.93. The molecule has 0 bridgehead atoms. The van der Waals surface area contributed by atoms with Gasteiger partial charge in [-0.05, 0) is 75.3 Å². The molecule has 0 spiro atoms. The second-order valence-electron chi connectivity index (χ2n) is 10.1. The monoisotopic (exact) mass is 482 g/mol. The van der Waals surface area contributed by atoms with Gasteiger partial charge in [0.25, 0.3) is 0 Å². The third-order valence-electron chi connectivity index (χ3n) is 7.66. The Hall–Kier alpha value is -2.26. The van der Waals surface area contributed by atoms with E-state index in [0.29, 0.717) is 42.3 Å². The number of aryl methyl sites for hydroxylation is 1. The fourth-order valence-electron chi connectivity index (χ4n) is 5.65. The molecule has 3 fully saturated rings. The van der Waals surface area contributed by atoms with E-state index in [9.17, 15) is 5.11 Å². The number of nitrogens with one attached hydrogen (secondary N) is 1. The molecule has 3 aliphatic rings. The van der Waals surface area contributed by atoms with Crippen molar-refractivity contribution in [2.24, 2.45) is 0 Å². The van der Waals surface area contributed by atoms with Crippen molar-refractivity contribution in [3.63, 3.8) is 0 Å². The molecule has 0 radical (unpaired) electrons. The van der Waals surface area contributed by atoms with Gasteiger partial charge in [-0.1, -0.05) is 11.6 Å². The summed E-state index contributed by atoms with van der Waals surface area (Å²) in [6, 6.07) is 5.35. The van der Waals surface area contributed by atoms with Gasteiger partial charge in [-0.3, -0.25) is 4.90 Å². The van der Waals surface area contributed by atoms with E-state index in [1.54, 1.807) is 6.20 Å². The number of fused-ring (bicyclic) bond motifs is 1. The van der Waals surface area contributed by atoms with Crippen molar-refractivity contribution < 1.29 is 9.84 Å². The molecular formula is C25H31ClN6O2. The minimum atomic E-state index is -0.381. The molecule has 2 N–H and O–H groups in total. The first-order valence-electron chi connectivity index (χ1n) is 12.3. The van der Waals surface area contributed by atoms with E-state index >= 15 is 0 Å². The summed E-state index contributed by atoms with van der Waals surface area (Å²) in [6.45, 7) is 6.49. The Morgan fingerprint density at radius 3 is 2.76 bits per heavy atom. The first-order valence-corrected chi connectivity index (χ1v) is 12.6. The zero-order chi connectivity index (χ0) is 23.4. The molecule has 1 aromatic carbocycles. The van der Waals surface area contributed by atoms with Crippen LogP contribution in [-0.2, 0) is 4.74 Å².